The highest BCUT2D eigenvalue weighted by Crippen LogP contribution is 2.64. The second kappa shape index (κ2) is 3.20. The molecule has 0 radical (unpaired) electrons. The average Bonchev–Trinajstić information content (AvgIpc) is 2.91. The minimum Gasteiger partial charge on any atom is -0.385 e. The van der Waals surface area contributed by atoms with Crippen molar-refractivity contribution < 1.29 is 5.11 Å². The van der Waals surface area contributed by atoms with Crippen molar-refractivity contribution in [2.75, 3.05) is 0 Å². The molecule has 86 valence electrons. The number of hydrogen-bond acceptors (Lipinski definition) is 2. The van der Waals surface area contributed by atoms with Crippen molar-refractivity contribution in [1.29, 1.82) is 0 Å². The molecule has 1 aromatic rings. The Morgan fingerprint density at radius 2 is 2.00 bits per heavy atom. The number of aryl methyl sites for hydroxylation is 1. The summed E-state index contributed by atoms with van der Waals surface area (Å²) in [5.74, 6) is 0.793. The van der Waals surface area contributed by atoms with Crippen LogP contribution in [-0.4, -0.2) is 9.67 Å². The SMILES string of the molecule is Cn1ccc(C2(O)C3CCCCC32)cc1=O. The van der Waals surface area contributed by atoms with E-state index in [9.17, 15) is 9.90 Å². The average molecular weight is 219 g/mol. The molecule has 2 fully saturated rings. The summed E-state index contributed by atoms with van der Waals surface area (Å²) in [5.41, 5.74) is 0.103. The fourth-order valence-corrected chi connectivity index (χ4v) is 3.32. The largest absolute Gasteiger partial charge is 0.385 e. The Kier molecular flexibility index (Phi) is 2.02. The maximum absolute atomic E-state index is 11.6. The van der Waals surface area contributed by atoms with Crippen LogP contribution in [-0.2, 0) is 12.6 Å². The van der Waals surface area contributed by atoms with E-state index in [1.165, 1.54) is 12.8 Å². The molecular weight excluding hydrogens is 202 g/mol. The molecule has 2 saturated carbocycles. The van der Waals surface area contributed by atoms with Gasteiger partial charge in [0.15, 0.2) is 0 Å². The van der Waals surface area contributed by atoms with Gasteiger partial charge in [-0.2, -0.15) is 0 Å². The Hall–Kier alpha value is -1.09. The Bertz CT molecular complexity index is 465. The van der Waals surface area contributed by atoms with Crippen LogP contribution in [0, 0.1) is 11.8 Å². The van der Waals surface area contributed by atoms with Crippen LogP contribution in [0.5, 0.6) is 0 Å². The molecule has 1 aromatic heterocycles. The normalized spacial score (nSPS) is 36.9. The van der Waals surface area contributed by atoms with Crippen LogP contribution in [0.1, 0.15) is 31.2 Å². The highest BCUT2D eigenvalue weighted by Gasteiger charge is 2.64. The van der Waals surface area contributed by atoms with E-state index >= 15 is 0 Å². The minimum absolute atomic E-state index is 0.0328. The zero-order chi connectivity index (χ0) is 11.3. The van der Waals surface area contributed by atoms with Crippen molar-refractivity contribution in [2.24, 2.45) is 18.9 Å². The van der Waals surface area contributed by atoms with Gasteiger partial charge in [0.2, 0.25) is 0 Å². The first kappa shape index (κ1) is 10.1. The van der Waals surface area contributed by atoms with E-state index in [4.69, 9.17) is 0 Å². The van der Waals surface area contributed by atoms with Crippen molar-refractivity contribution >= 4 is 0 Å². The molecule has 3 heteroatoms. The summed E-state index contributed by atoms with van der Waals surface area (Å²) in [7, 11) is 1.73. The Balaban J connectivity index is 1.98. The Morgan fingerprint density at radius 1 is 1.38 bits per heavy atom. The molecule has 0 saturated heterocycles. The van der Waals surface area contributed by atoms with Crippen LogP contribution in [0.4, 0.5) is 0 Å². The molecule has 2 aliphatic carbocycles. The topological polar surface area (TPSA) is 42.2 Å². The Labute approximate surface area is 94.7 Å². The summed E-state index contributed by atoms with van der Waals surface area (Å²) in [6, 6.07) is 3.48. The van der Waals surface area contributed by atoms with Gasteiger partial charge in [-0.1, -0.05) is 12.8 Å². The first-order valence-corrected chi connectivity index (χ1v) is 6.03. The number of hydrogen-bond donors (Lipinski definition) is 1. The van der Waals surface area contributed by atoms with E-state index in [1.54, 1.807) is 23.9 Å². The monoisotopic (exact) mass is 219 g/mol. The summed E-state index contributed by atoms with van der Waals surface area (Å²) in [5, 5.41) is 10.6. The zero-order valence-electron chi connectivity index (χ0n) is 9.52. The van der Waals surface area contributed by atoms with E-state index in [0.29, 0.717) is 11.8 Å². The van der Waals surface area contributed by atoms with E-state index < -0.39 is 5.60 Å². The van der Waals surface area contributed by atoms with Crippen molar-refractivity contribution in [3.63, 3.8) is 0 Å². The molecule has 2 atom stereocenters. The highest BCUT2D eigenvalue weighted by atomic mass is 16.3. The van der Waals surface area contributed by atoms with Gasteiger partial charge in [-0.25, -0.2) is 0 Å². The maximum atomic E-state index is 11.6. The van der Waals surface area contributed by atoms with Crippen LogP contribution in [0.3, 0.4) is 0 Å². The van der Waals surface area contributed by atoms with Gasteiger partial charge in [-0.15, -0.1) is 0 Å². The number of pyridine rings is 1. The number of aromatic nitrogens is 1. The van der Waals surface area contributed by atoms with Gasteiger partial charge >= 0.3 is 0 Å². The molecule has 3 nitrogen and oxygen atoms in total. The van der Waals surface area contributed by atoms with Crippen molar-refractivity contribution in [2.45, 2.75) is 31.3 Å². The summed E-state index contributed by atoms with van der Waals surface area (Å²) in [6.45, 7) is 0. The molecule has 0 bridgehead atoms. The van der Waals surface area contributed by atoms with Gasteiger partial charge in [-0.05, 0) is 36.3 Å². The summed E-state index contributed by atoms with van der Waals surface area (Å²) in [4.78, 5) is 11.6. The molecule has 0 amide bonds. The van der Waals surface area contributed by atoms with Gasteiger partial charge in [0.05, 0.1) is 5.60 Å². The van der Waals surface area contributed by atoms with Crippen LogP contribution < -0.4 is 5.56 Å². The first-order valence-electron chi connectivity index (χ1n) is 6.03. The maximum Gasteiger partial charge on any atom is 0.250 e. The van der Waals surface area contributed by atoms with Gasteiger partial charge < -0.3 is 9.67 Å². The van der Waals surface area contributed by atoms with Gasteiger partial charge in [0.1, 0.15) is 0 Å². The van der Waals surface area contributed by atoms with Crippen molar-refractivity contribution in [3.8, 4) is 0 Å². The van der Waals surface area contributed by atoms with E-state index in [0.717, 1.165) is 18.4 Å². The van der Waals surface area contributed by atoms with Crippen LogP contribution >= 0.6 is 0 Å². The molecule has 2 unspecified atom stereocenters. The molecule has 0 spiro atoms. The standard InChI is InChI=1S/C13H17NO2/c1-14-7-6-9(8-12(14)15)13(16)10-4-2-3-5-11(10)13/h6-8,10-11,16H,2-5H2,1H3. The highest BCUT2D eigenvalue weighted by molar-refractivity contribution is 5.31. The number of aliphatic hydroxyl groups is 1. The number of rotatable bonds is 1. The lowest BCUT2D eigenvalue weighted by Gasteiger charge is -2.11. The summed E-state index contributed by atoms with van der Waals surface area (Å²) >= 11 is 0. The van der Waals surface area contributed by atoms with Crippen LogP contribution in [0.15, 0.2) is 23.1 Å². The van der Waals surface area contributed by atoms with Gasteiger partial charge in [0, 0.05) is 19.3 Å². The van der Waals surface area contributed by atoms with Crippen molar-refractivity contribution in [1.82, 2.24) is 4.57 Å². The second-order valence-corrected chi connectivity index (χ2v) is 5.19. The summed E-state index contributed by atoms with van der Waals surface area (Å²) in [6.07, 6.45) is 6.40. The van der Waals surface area contributed by atoms with Crippen LogP contribution in [0.2, 0.25) is 0 Å². The number of nitrogens with zero attached hydrogens (tertiary/aromatic N) is 1. The molecule has 0 aromatic carbocycles. The van der Waals surface area contributed by atoms with E-state index in [2.05, 4.69) is 0 Å². The quantitative estimate of drug-likeness (QED) is 0.775. The minimum atomic E-state index is -0.691. The lowest BCUT2D eigenvalue weighted by Crippen LogP contribution is -2.20. The lowest BCUT2D eigenvalue weighted by molar-refractivity contribution is 0.117. The summed E-state index contributed by atoms with van der Waals surface area (Å²) < 4.78 is 1.54. The third kappa shape index (κ3) is 1.21. The second-order valence-electron chi connectivity index (χ2n) is 5.19. The van der Waals surface area contributed by atoms with E-state index in [1.807, 2.05) is 6.07 Å². The smallest absolute Gasteiger partial charge is 0.250 e. The van der Waals surface area contributed by atoms with E-state index in [-0.39, 0.29) is 5.56 Å². The van der Waals surface area contributed by atoms with Crippen molar-refractivity contribution in [3.05, 3.63) is 34.2 Å². The molecule has 0 aliphatic heterocycles. The fraction of sp³-hybridized carbons (Fsp3) is 0.615. The van der Waals surface area contributed by atoms with Gasteiger partial charge in [0.25, 0.3) is 5.56 Å². The molecular formula is C13H17NO2. The zero-order valence-corrected chi connectivity index (χ0v) is 9.52. The fourth-order valence-electron chi connectivity index (χ4n) is 3.32. The lowest BCUT2D eigenvalue weighted by atomic mass is 10.0. The third-order valence-electron chi connectivity index (χ3n) is 4.35. The molecule has 1 N–H and O–H groups in total. The van der Waals surface area contributed by atoms with Gasteiger partial charge in [-0.3, -0.25) is 4.79 Å². The number of fused-ring (bicyclic) bond motifs is 1. The molecule has 2 aliphatic rings. The molecule has 16 heavy (non-hydrogen) atoms. The predicted octanol–water partition coefficient (Wildman–Crippen LogP) is 1.39. The first-order chi connectivity index (χ1) is 7.64. The molecule has 1 heterocycles. The molecule has 3 rings (SSSR count). The predicted molar refractivity (Wildman–Crippen MR) is 61.0 cm³/mol. The Morgan fingerprint density at radius 3 is 2.56 bits per heavy atom. The van der Waals surface area contributed by atoms with Crippen LogP contribution in [0.25, 0.3) is 0 Å². The third-order valence-corrected chi connectivity index (χ3v) is 4.35.